The minimum atomic E-state index is -0.178. The number of fused-ring (bicyclic) bond motifs is 1. The Morgan fingerprint density at radius 1 is 0.780 bits per heavy atom. The lowest BCUT2D eigenvalue weighted by atomic mass is 9.78. The Balaban J connectivity index is 1.19. The fourth-order valence-corrected chi connectivity index (χ4v) is 6.46. The lowest BCUT2D eigenvalue weighted by molar-refractivity contribution is 0.0983. The van der Waals surface area contributed by atoms with E-state index in [1.165, 1.54) is 12.0 Å². The Labute approximate surface area is 242 Å². The number of amides is 2. The number of carbonyl (C=O) groups excluding carboxylic acids is 2. The first-order chi connectivity index (χ1) is 19.9. The molecule has 1 saturated heterocycles. The maximum atomic E-state index is 13.9. The first-order valence-electron chi connectivity index (χ1n) is 14.6. The summed E-state index contributed by atoms with van der Waals surface area (Å²) in [6.07, 6.45) is 3.17. The number of carbonyl (C=O) groups is 2. The second-order valence-corrected chi connectivity index (χ2v) is 11.8. The van der Waals surface area contributed by atoms with Crippen LogP contribution in [0.2, 0.25) is 0 Å². The molecule has 2 amide bonds. The molecule has 2 aliphatic heterocycles. The van der Waals surface area contributed by atoms with Crippen LogP contribution in [0.25, 0.3) is 11.1 Å². The molecule has 0 aliphatic carbocycles. The summed E-state index contributed by atoms with van der Waals surface area (Å²) in [7, 11) is 0. The summed E-state index contributed by atoms with van der Waals surface area (Å²) in [5.74, 6) is -0.178. The van der Waals surface area contributed by atoms with Gasteiger partial charge in [-0.05, 0) is 98.2 Å². The van der Waals surface area contributed by atoms with Crippen LogP contribution < -0.4 is 10.2 Å². The van der Waals surface area contributed by atoms with Crippen molar-refractivity contribution in [3.63, 3.8) is 0 Å². The van der Waals surface area contributed by atoms with Gasteiger partial charge in [-0.25, -0.2) is 0 Å². The van der Waals surface area contributed by atoms with Crippen molar-refractivity contribution in [2.24, 2.45) is 5.41 Å². The average molecular weight is 544 g/mol. The number of benzene rings is 4. The van der Waals surface area contributed by atoms with E-state index < -0.39 is 0 Å². The van der Waals surface area contributed by atoms with E-state index in [1.54, 1.807) is 0 Å². The highest BCUT2D eigenvalue weighted by Crippen LogP contribution is 2.43. The van der Waals surface area contributed by atoms with Crippen molar-refractivity contribution in [1.82, 2.24) is 4.90 Å². The zero-order valence-electron chi connectivity index (χ0n) is 23.8. The zero-order valence-corrected chi connectivity index (χ0v) is 23.8. The molecule has 5 heteroatoms. The van der Waals surface area contributed by atoms with Gasteiger partial charge in [-0.3, -0.25) is 9.59 Å². The molecule has 2 heterocycles. The van der Waals surface area contributed by atoms with E-state index >= 15 is 0 Å². The number of hydrogen-bond donors (Lipinski definition) is 1. The van der Waals surface area contributed by atoms with Gasteiger partial charge in [0.05, 0.1) is 0 Å². The molecule has 1 spiro atoms. The molecule has 0 aromatic heterocycles. The van der Waals surface area contributed by atoms with Gasteiger partial charge in [-0.1, -0.05) is 66.7 Å². The first kappa shape index (κ1) is 27.0. The summed E-state index contributed by atoms with van der Waals surface area (Å²) in [5.41, 5.74) is 6.24. The van der Waals surface area contributed by atoms with Gasteiger partial charge >= 0.3 is 0 Å². The minimum Gasteiger partial charge on any atom is -0.322 e. The maximum Gasteiger partial charge on any atom is 0.258 e. The Hall–Kier alpha value is -4.22. The molecular weight excluding hydrogens is 506 g/mol. The van der Waals surface area contributed by atoms with Gasteiger partial charge in [-0.2, -0.15) is 0 Å². The molecule has 2 aliphatic rings. The molecular formula is C36H37N3O2. The first-order valence-corrected chi connectivity index (χ1v) is 14.6. The molecule has 1 fully saturated rings. The standard InChI is InChI=1S/C36H37N3O2/c1-26(2)38-22-20-36(25-38)21-23-39(33-15-9-6-12-29(33)24-36)35(41)28-16-18-30(19-17-28)37-34(40)32-14-8-7-13-31(32)27-10-4-3-5-11-27/h3-19,26H,20-25H2,1-2H3,(H,37,40). The van der Waals surface area contributed by atoms with Crippen LogP contribution in [0, 0.1) is 5.41 Å². The van der Waals surface area contributed by atoms with Crippen molar-refractivity contribution in [1.29, 1.82) is 0 Å². The lowest BCUT2D eigenvalue weighted by Crippen LogP contribution is -2.36. The molecule has 4 aromatic rings. The van der Waals surface area contributed by atoms with E-state index in [4.69, 9.17) is 0 Å². The van der Waals surface area contributed by atoms with Crippen LogP contribution in [0.15, 0.2) is 103 Å². The third-order valence-corrected chi connectivity index (χ3v) is 8.80. The number of anilines is 2. The lowest BCUT2D eigenvalue weighted by Gasteiger charge is -2.29. The average Bonchev–Trinajstić information content (AvgIpc) is 3.35. The highest BCUT2D eigenvalue weighted by atomic mass is 16.2. The molecule has 4 aromatic carbocycles. The van der Waals surface area contributed by atoms with Crippen molar-refractivity contribution < 1.29 is 9.59 Å². The highest BCUT2D eigenvalue weighted by Gasteiger charge is 2.42. The Kier molecular flexibility index (Phi) is 7.46. The number of para-hydroxylation sites is 1. The topological polar surface area (TPSA) is 52.6 Å². The second kappa shape index (κ2) is 11.3. The van der Waals surface area contributed by atoms with Crippen molar-refractivity contribution in [3.8, 4) is 11.1 Å². The van der Waals surface area contributed by atoms with Gasteiger partial charge in [0, 0.05) is 41.6 Å². The predicted octanol–water partition coefficient (Wildman–Crippen LogP) is 7.30. The van der Waals surface area contributed by atoms with E-state index in [-0.39, 0.29) is 17.2 Å². The zero-order chi connectivity index (χ0) is 28.4. The number of nitrogens with one attached hydrogen (secondary N) is 1. The normalized spacial score (nSPS) is 18.8. The second-order valence-electron chi connectivity index (χ2n) is 11.8. The van der Waals surface area contributed by atoms with Crippen LogP contribution in [-0.2, 0) is 6.42 Å². The van der Waals surface area contributed by atoms with Gasteiger partial charge in [0.1, 0.15) is 0 Å². The van der Waals surface area contributed by atoms with Crippen molar-refractivity contribution in [2.75, 3.05) is 29.9 Å². The van der Waals surface area contributed by atoms with E-state index in [9.17, 15) is 9.59 Å². The molecule has 1 N–H and O–H groups in total. The molecule has 1 unspecified atom stereocenters. The summed E-state index contributed by atoms with van der Waals surface area (Å²) < 4.78 is 0. The van der Waals surface area contributed by atoms with Gasteiger partial charge in [-0.15, -0.1) is 0 Å². The number of rotatable bonds is 5. The third kappa shape index (κ3) is 5.55. The molecule has 0 saturated carbocycles. The van der Waals surface area contributed by atoms with Crippen LogP contribution in [0.4, 0.5) is 11.4 Å². The summed E-state index contributed by atoms with van der Waals surface area (Å²) in [5, 5.41) is 3.02. The van der Waals surface area contributed by atoms with Gasteiger partial charge in [0.25, 0.3) is 11.8 Å². The van der Waals surface area contributed by atoms with Crippen molar-refractivity contribution in [3.05, 3.63) is 120 Å². The van der Waals surface area contributed by atoms with Crippen LogP contribution >= 0.6 is 0 Å². The third-order valence-electron chi connectivity index (χ3n) is 8.80. The van der Waals surface area contributed by atoms with Gasteiger partial charge < -0.3 is 15.1 Å². The smallest absolute Gasteiger partial charge is 0.258 e. The van der Waals surface area contributed by atoms with Gasteiger partial charge in [0.2, 0.25) is 0 Å². The van der Waals surface area contributed by atoms with Crippen LogP contribution in [0.5, 0.6) is 0 Å². The summed E-state index contributed by atoms with van der Waals surface area (Å²) in [6.45, 7) is 7.46. The highest BCUT2D eigenvalue weighted by molar-refractivity contribution is 6.09. The summed E-state index contributed by atoms with van der Waals surface area (Å²) in [4.78, 5) is 31.7. The van der Waals surface area contributed by atoms with Crippen LogP contribution in [-0.4, -0.2) is 42.4 Å². The van der Waals surface area contributed by atoms with Crippen molar-refractivity contribution in [2.45, 2.75) is 39.2 Å². The largest absolute Gasteiger partial charge is 0.322 e. The fraction of sp³-hybridized carbons (Fsp3) is 0.278. The molecule has 208 valence electrons. The maximum absolute atomic E-state index is 13.9. The van der Waals surface area contributed by atoms with E-state index in [0.29, 0.717) is 29.4 Å². The van der Waals surface area contributed by atoms with E-state index in [2.05, 4.69) is 42.3 Å². The monoisotopic (exact) mass is 543 g/mol. The Morgan fingerprint density at radius 2 is 1.46 bits per heavy atom. The molecule has 5 nitrogen and oxygen atoms in total. The molecule has 0 bridgehead atoms. The van der Waals surface area contributed by atoms with Crippen LogP contribution in [0.3, 0.4) is 0 Å². The number of nitrogens with zero attached hydrogens (tertiary/aromatic N) is 2. The van der Waals surface area contributed by atoms with E-state index in [1.807, 2.05) is 89.8 Å². The van der Waals surface area contributed by atoms with E-state index in [0.717, 1.165) is 42.7 Å². The van der Waals surface area contributed by atoms with Crippen molar-refractivity contribution >= 4 is 23.2 Å². The molecule has 1 atom stereocenters. The number of hydrogen-bond acceptors (Lipinski definition) is 3. The molecule has 41 heavy (non-hydrogen) atoms. The molecule has 6 rings (SSSR count). The van der Waals surface area contributed by atoms with Crippen LogP contribution in [0.1, 0.15) is 53.0 Å². The summed E-state index contributed by atoms with van der Waals surface area (Å²) >= 11 is 0. The summed E-state index contributed by atoms with van der Waals surface area (Å²) in [6, 6.07) is 33.7. The fourth-order valence-electron chi connectivity index (χ4n) is 6.46. The Morgan fingerprint density at radius 3 is 2.22 bits per heavy atom. The van der Waals surface area contributed by atoms with Gasteiger partial charge in [0.15, 0.2) is 0 Å². The number of likely N-dealkylation sites (tertiary alicyclic amines) is 1. The quantitative estimate of drug-likeness (QED) is 0.287. The predicted molar refractivity (Wildman–Crippen MR) is 166 cm³/mol. The molecule has 0 radical (unpaired) electrons. The Bertz CT molecular complexity index is 1550. The minimum absolute atomic E-state index is 0.000474. The SMILES string of the molecule is CC(C)N1CCC2(CCN(C(=O)c3ccc(NC(=O)c4ccccc4-c4ccccc4)cc3)c3ccccc3C2)C1.